The summed E-state index contributed by atoms with van der Waals surface area (Å²) in [4.78, 5) is 13.7. The van der Waals surface area contributed by atoms with E-state index in [9.17, 15) is 4.79 Å². The number of benzene rings is 2. The smallest absolute Gasteiger partial charge is 0.233 e. The molecule has 0 spiro atoms. The molecular formula is C21H26ClNOS. The van der Waals surface area contributed by atoms with Crippen molar-refractivity contribution in [2.45, 2.75) is 56.7 Å². The number of amides is 1. The van der Waals surface area contributed by atoms with Crippen LogP contribution < -0.4 is 5.32 Å². The highest BCUT2D eigenvalue weighted by atomic mass is 35.5. The number of rotatable bonds is 8. The fourth-order valence-electron chi connectivity index (χ4n) is 2.70. The van der Waals surface area contributed by atoms with Gasteiger partial charge in [0.05, 0.1) is 5.25 Å². The SMILES string of the molecule is CCc1ccc(CC)c(CNC(=O)[C@H](CC)Sc2ccc(Cl)cc2)c1. The number of thioether (sulfide) groups is 1. The van der Waals surface area contributed by atoms with E-state index in [2.05, 4.69) is 37.4 Å². The number of halogens is 1. The maximum atomic E-state index is 12.6. The summed E-state index contributed by atoms with van der Waals surface area (Å²) < 4.78 is 0. The minimum absolute atomic E-state index is 0.0893. The largest absolute Gasteiger partial charge is 0.351 e. The van der Waals surface area contributed by atoms with Crippen molar-refractivity contribution in [1.29, 1.82) is 0 Å². The highest BCUT2D eigenvalue weighted by Gasteiger charge is 2.18. The number of carbonyl (C=O) groups is 1. The van der Waals surface area contributed by atoms with Crippen LogP contribution in [0.25, 0.3) is 0 Å². The number of hydrogen-bond acceptors (Lipinski definition) is 2. The number of carbonyl (C=O) groups excluding carboxylic acids is 1. The van der Waals surface area contributed by atoms with Crippen LogP contribution >= 0.6 is 23.4 Å². The Kier molecular flexibility index (Phi) is 7.86. The first-order valence-electron chi connectivity index (χ1n) is 8.87. The highest BCUT2D eigenvalue weighted by molar-refractivity contribution is 8.00. The summed E-state index contributed by atoms with van der Waals surface area (Å²) in [6.07, 6.45) is 2.77. The van der Waals surface area contributed by atoms with Gasteiger partial charge in [0.25, 0.3) is 0 Å². The molecule has 1 amide bonds. The molecule has 0 aliphatic rings. The molecule has 0 aliphatic heterocycles. The van der Waals surface area contributed by atoms with Crippen molar-refractivity contribution in [1.82, 2.24) is 5.32 Å². The van der Waals surface area contributed by atoms with Crippen molar-refractivity contribution in [2.24, 2.45) is 0 Å². The summed E-state index contributed by atoms with van der Waals surface area (Å²) in [5.74, 6) is 0.0893. The molecule has 2 nitrogen and oxygen atoms in total. The molecule has 0 aliphatic carbocycles. The predicted octanol–water partition coefficient (Wildman–Crippen LogP) is 5.65. The average molecular weight is 376 g/mol. The fourth-order valence-corrected chi connectivity index (χ4v) is 3.81. The Labute approximate surface area is 160 Å². The Bertz CT molecular complexity index is 700. The molecule has 0 heterocycles. The second-order valence-electron chi connectivity index (χ2n) is 6.00. The van der Waals surface area contributed by atoms with E-state index < -0.39 is 0 Å². The van der Waals surface area contributed by atoms with E-state index in [1.54, 1.807) is 11.8 Å². The Morgan fingerprint density at radius 2 is 1.76 bits per heavy atom. The minimum atomic E-state index is -0.0967. The van der Waals surface area contributed by atoms with Gasteiger partial charge in [-0.2, -0.15) is 0 Å². The quantitative estimate of drug-likeness (QED) is 0.604. The molecule has 0 bridgehead atoms. The molecule has 134 valence electrons. The van der Waals surface area contributed by atoms with Crippen molar-refractivity contribution < 1.29 is 4.79 Å². The van der Waals surface area contributed by atoms with E-state index in [1.807, 2.05) is 31.2 Å². The van der Waals surface area contributed by atoms with E-state index in [0.717, 1.165) is 24.2 Å². The zero-order chi connectivity index (χ0) is 18.2. The standard InChI is InChI=1S/C21H26ClNOS/c1-4-15-7-8-16(5-2)17(13-15)14-23-21(24)20(6-3)25-19-11-9-18(22)10-12-19/h7-13,20H,4-6,14H2,1-3H3,(H,23,24)/t20-/m0/s1. The molecule has 4 heteroatoms. The maximum absolute atomic E-state index is 12.6. The Morgan fingerprint density at radius 1 is 1.04 bits per heavy atom. The summed E-state index contributed by atoms with van der Waals surface area (Å²) in [5, 5.41) is 3.74. The lowest BCUT2D eigenvalue weighted by Gasteiger charge is -2.16. The molecule has 0 unspecified atom stereocenters. The Morgan fingerprint density at radius 3 is 2.36 bits per heavy atom. The molecule has 2 aromatic rings. The third-order valence-corrected chi connectivity index (χ3v) is 5.90. The summed E-state index contributed by atoms with van der Waals surface area (Å²) in [7, 11) is 0. The third kappa shape index (κ3) is 5.79. The first-order chi connectivity index (χ1) is 12.1. The zero-order valence-electron chi connectivity index (χ0n) is 15.1. The van der Waals surface area contributed by atoms with Crippen molar-refractivity contribution in [3.05, 3.63) is 64.2 Å². The van der Waals surface area contributed by atoms with E-state index in [4.69, 9.17) is 11.6 Å². The lowest BCUT2D eigenvalue weighted by Crippen LogP contribution is -2.32. The van der Waals surface area contributed by atoms with Gasteiger partial charge in [0.2, 0.25) is 5.91 Å². The molecule has 0 aromatic heterocycles. The van der Waals surface area contributed by atoms with Gasteiger partial charge in [0.15, 0.2) is 0 Å². The summed E-state index contributed by atoms with van der Waals surface area (Å²) in [5.41, 5.74) is 3.83. The average Bonchev–Trinajstić information content (AvgIpc) is 2.65. The van der Waals surface area contributed by atoms with E-state index in [0.29, 0.717) is 11.6 Å². The van der Waals surface area contributed by atoms with Crippen molar-refractivity contribution >= 4 is 29.3 Å². The summed E-state index contributed by atoms with van der Waals surface area (Å²) >= 11 is 7.51. The molecule has 1 N–H and O–H groups in total. The monoisotopic (exact) mass is 375 g/mol. The molecule has 0 fully saturated rings. The molecule has 1 atom stereocenters. The zero-order valence-corrected chi connectivity index (χ0v) is 16.7. The topological polar surface area (TPSA) is 29.1 Å². The van der Waals surface area contributed by atoms with Gasteiger partial charge >= 0.3 is 0 Å². The van der Waals surface area contributed by atoms with Crippen molar-refractivity contribution in [3.63, 3.8) is 0 Å². The lowest BCUT2D eigenvalue weighted by atomic mass is 10.0. The summed E-state index contributed by atoms with van der Waals surface area (Å²) in [6.45, 7) is 6.94. The van der Waals surface area contributed by atoms with Crippen molar-refractivity contribution in [3.8, 4) is 0 Å². The molecule has 0 radical (unpaired) electrons. The van der Waals surface area contributed by atoms with Crippen LogP contribution in [0.5, 0.6) is 0 Å². The number of aryl methyl sites for hydroxylation is 2. The van der Waals surface area contributed by atoms with Gasteiger partial charge in [0, 0.05) is 16.5 Å². The van der Waals surface area contributed by atoms with Crippen LogP contribution in [0.2, 0.25) is 5.02 Å². The molecular weight excluding hydrogens is 350 g/mol. The Balaban J connectivity index is 2.01. The lowest BCUT2D eigenvalue weighted by molar-refractivity contribution is -0.120. The van der Waals surface area contributed by atoms with E-state index >= 15 is 0 Å². The second-order valence-corrected chi connectivity index (χ2v) is 7.71. The predicted molar refractivity (Wildman–Crippen MR) is 108 cm³/mol. The highest BCUT2D eigenvalue weighted by Crippen LogP contribution is 2.27. The van der Waals surface area contributed by atoms with Gasteiger partial charge in [-0.3, -0.25) is 4.79 Å². The third-order valence-electron chi connectivity index (χ3n) is 4.27. The molecule has 2 rings (SSSR count). The fraction of sp³-hybridized carbons (Fsp3) is 0.381. The minimum Gasteiger partial charge on any atom is -0.351 e. The van der Waals surface area contributed by atoms with Gasteiger partial charge in [-0.15, -0.1) is 11.8 Å². The number of hydrogen-bond donors (Lipinski definition) is 1. The summed E-state index contributed by atoms with van der Waals surface area (Å²) in [6, 6.07) is 14.2. The molecule has 2 aromatic carbocycles. The number of nitrogens with one attached hydrogen (secondary N) is 1. The normalized spacial score (nSPS) is 12.0. The first kappa shape index (κ1) is 19.9. The first-order valence-corrected chi connectivity index (χ1v) is 10.1. The van der Waals surface area contributed by atoms with Crippen LogP contribution in [-0.4, -0.2) is 11.2 Å². The van der Waals surface area contributed by atoms with Crippen LogP contribution in [0, 0.1) is 0 Å². The van der Waals surface area contributed by atoms with Gasteiger partial charge in [-0.25, -0.2) is 0 Å². The van der Waals surface area contributed by atoms with Crippen molar-refractivity contribution in [2.75, 3.05) is 0 Å². The van der Waals surface area contributed by atoms with Gasteiger partial charge in [-0.05, 0) is 60.2 Å². The van der Waals surface area contributed by atoms with Crippen LogP contribution in [-0.2, 0) is 24.2 Å². The van der Waals surface area contributed by atoms with E-state index in [1.165, 1.54) is 16.7 Å². The van der Waals surface area contributed by atoms with Gasteiger partial charge in [0.1, 0.15) is 0 Å². The van der Waals surface area contributed by atoms with Crippen LogP contribution in [0.4, 0.5) is 0 Å². The maximum Gasteiger partial charge on any atom is 0.233 e. The second kappa shape index (κ2) is 9.88. The van der Waals surface area contributed by atoms with Crippen LogP contribution in [0.3, 0.4) is 0 Å². The van der Waals surface area contributed by atoms with Gasteiger partial charge < -0.3 is 5.32 Å². The molecule has 0 saturated heterocycles. The van der Waals surface area contributed by atoms with Crippen LogP contribution in [0.1, 0.15) is 43.9 Å². The van der Waals surface area contributed by atoms with Crippen LogP contribution in [0.15, 0.2) is 47.4 Å². The molecule has 25 heavy (non-hydrogen) atoms. The molecule has 0 saturated carbocycles. The van der Waals surface area contributed by atoms with E-state index in [-0.39, 0.29) is 11.2 Å². The van der Waals surface area contributed by atoms with Gasteiger partial charge in [-0.1, -0.05) is 50.6 Å². The Hall–Kier alpha value is -1.45.